The van der Waals surface area contributed by atoms with Gasteiger partial charge in [-0.25, -0.2) is 0 Å². The number of benzene rings is 1. The molecule has 0 unspecified atom stereocenters. The lowest BCUT2D eigenvalue weighted by Gasteiger charge is -2.36. The second-order valence-electron chi connectivity index (χ2n) is 4.71. The zero-order valence-corrected chi connectivity index (χ0v) is 12.1. The molecule has 1 aromatic carbocycles. The monoisotopic (exact) mass is 290 g/mol. The average Bonchev–Trinajstić information content (AvgIpc) is 2.54. The van der Waals surface area contributed by atoms with Crippen LogP contribution in [-0.4, -0.2) is 32.3 Å². The van der Waals surface area contributed by atoms with Crippen LogP contribution in [0.4, 0.5) is 0 Å². The Morgan fingerprint density at radius 1 is 1.29 bits per heavy atom. The second-order valence-corrected chi connectivity index (χ2v) is 4.71. The van der Waals surface area contributed by atoms with Gasteiger partial charge in [0, 0.05) is 13.5 Å². The number of hydrogen-bond acceptors (Lipinski definition) is 5. The Morgan fingerprint density at radius 2 is 2.00 bits per heavy atom. The molecule has 0 bridgehead atoms. The minimum Gasteiger partial charge on any atom is -0.469 e. The maximum Gasteiger partial charge on any atom is 0.305 e. The summed E-state index contributed by atoms with van der Waals surface area (Å²) in [6.45, 7) is 0. The van der Waals surface area contributed by atoms with Crippen molar-refractivity contribution in [3.05, 3.63) is 48.0 Å². The van der Waals surface area contributed by atoms with Crippen molar-refractivity contribution in [3.63, 3.8) is 0 Å². The number of methoxy groups -OCH3 is 2. The van der Waals surface area contributed by atoms with Crippen molar-refractivity contribution in [2.45, 2.75) is 24.7 Å². The number of hydrogen-bond donors (Lipinski definition) is 0. The van der Waals surface area contributed by atoms with E-state index in [1.807, 2.05) is 18.2 Å². The van der Waals surface area contributed by atoms with Crippen LogP contribution in [0.25, 0.3) is 0 Å². The number of esters is 1. The van der Waals surface area contributed by atoms with Gasteiger partial charge in [-0.3, -0.25) is 9.59 Å². The summed E-state index contributed by atoms with van der Waals surface area (Å²) >= 11 is 0. The fraction of sp³-hybridized carbons (Fsp3) is 0.375. The highest BCUT2D eigenvalue weighted by Gasteiger charge is 2.44. The van der Waals surface area contributed by atoms with Crippen molar-refractivity contribution in [2.24, 2.45) is 0 Å². The molecule has 0 aromatic heterocycles. The van der Waals surface area contributed by atoms with Crippen molar-refractivity contribution in [3.8, 4) is 0 Å². The third kappa shape index (κ3) is 3.20. The SMILES string of the molecule is COC(=O)CC[C@]1(c2ccccc2)O[C@@H](OC)C=CC1=O. The Kier molecular flexibility index (Phi) is 4.88. The Morgan fingerprint density at radius 3 is 2.62 bits per heavy atom. The van der Waals surface area contributed by atoms with Gasteiger partial charge in [0.1, 0.15) is 0 Å². The molecule has 112 valence electrons. The molecule has 0 amide bonds. The first kappa shape index (κ1) is 15.4. The molecular weight excluding hydrogens is 272 g/mol. The molecule has 0 fully saturated rings. The molecular formula is C16H18O5. The van der Waals surface area contributed by atoms with Crippen LogP contribution in [0, 0.1) is 0 Å². The number of ketones is 1. The van der Waals surface area contributed by atoms with Gasteiger partial charge in [0.25, 0.3) is 0 Å². The summed E-state index contributed by atoms with van der Waals surface area (Å²) in [4.78, 5) is 23.9. The normalized spacial score (nSPS) is 24.9. The minimum atomic E-state index is -1.22. The first-order valence-corrected chi connectivity index (χ1v) is 6.68. The fourth-order valence-electron chi connectivity index (χ4n) is 2.35. The molecule has 0 saturated heterocycles. The first-order chi connectivity index (χ1) is 10.1. The highest BCUT2D eigenvalue weighted by molar-refractivity contribution is 5.98. The van der Waals surface area contributed by atoms with E-state index in [9.17, 15) is 9.59 Å². The van der Waals surface area contributed by atoms with Crippen LogP contribution in [0.2, 0.25) is 0 Å². The molecule has 0 radical (unpaired) electrons. The van der Waals surface area contributed by atoms with Crippen LogP contribution in [0.1, 0.15) is 18.4 Å². The van der Waals surface area contributed by atoms with Crippen LogP contribution in [-0.2, 0) is 29.4 Å². The quantitative estimate of drug-likeness (QED) is 0.776. The molecule has 1 aromatic rings. The van der Waals surface area contributed by atoms with E-state index in [4.69, 9.17) is 9.47 Å². The van der Waals surface area contributed by atoms with Crippen LogP contribution < -0.4 is 0 Å². The van der Waals surface area contributed by atoms with Gasteiger partial charge in [-0.1, -0.05) is 30.3 Å². The van der Waals surface area contributed by atoms with E-state index < -0.39 is 11.9 Å². The van der Waals surface area contributed by atoms with E-state index in [1.165, 1.54) is 20.3 Å². The molecule has 0 N–H and O–H groups in total. The number of rotatable bonds is 5. The standard InChI is InChI=1S/C16H18O5/c1-19-14(18)10-11-16(12-6-4-3-5-7-12)13(17)8-9-15(20-2)21-16/h3-9,15H,10-11H2,1-2H3/t15-,16-/m1/s1. The zero-order chi connectivity index (χ0) is 15.3. The molecule has 5 nitrogen and oxygen atoms in total. The first-order valence-electron chi connectivity index (χ1n) is 6.68. The van der Waals surface area contributed by atoms with Crippen LogP contribution in [0.3, 0.4) is 0 Å². The topological polar surface area (TPSA) is 61.8 Å². The minimum absolute atomic E-state index is 0.0847. The van der Waals surface area contributed by atoms with Gasteiger partial charge < -0.3 is 14.2 Å². The number of carbonyl (C=O) groups excluding carboxylic acids is 2. The Balaban J connectivity index is 2.36. The van der Waals surface area contributed by atoms with Crippen LogP contribution in [0.15, 0.2) is 42.5 Å². The lowest BCUT2D eigenvalue weighted by Crippen LogP contribution is -2.44. The Hall–Kier alpha value is -1.98. The Bertz CT molecular complexity index is 537. The van der Waals surface area contributed by atoms with E-state index in [1.54, 1.807) is 18.2 Å². The van der Waals surface area contributed by atoms with Gasteiger partial charge in [0.15, 0.2) is 17.7 Å². The van der Waals surface area contributed by atoms with Crippen molar-refractivity contribution in [2.75, 3.05) is 14.2 Å². The summed E-state index contributed by atoms with van der Waals surface area (Å²) < 4.78 is 15.7. The van der Waals surface area contributed by atoms with Crippen molar-refractivity contribution in [1.82, 2.24) is 0 Å². The molecule has 0 saturated carbocycles. The molecule has 2 rings (SSSR count). The molecule has 5 heteroatoms. The van der Waals surface area contributed by atoms with E-state index in [0.29, 0.717) is 5.56 Å². The number of carbonyl (C=O) groups is 2. The molecule has 1 aliphatic rings. The highest BCUT2D eigenvalue weighted by Crippen LogP contribution is 2.36. The van der Waals surface area contributed by atoms with Gasteiger partial charge in [-0.05, 0) is 24.1 Å². The summed E-state index contributed by atoms with van der Waals surface area (Å²) in [5.74, 6) is -0.587. The lowest BCUT2D eigenvalue weighted by atomic mass is 9.83. The summed E-state index contributed by atoms with van der Waals surface area (Å²) in [6, 6.07) is 9.12. The molecule has 2 atom stereocenters. The maximum atomic E-state index is 12.5. The zero-order valence-electron chi connectivity index (χ0n) is 12.1. The predicted molar refractivity (Wildman–Crippen MR) is 75.4 cm³/mol. The molecule has 21 heavy (non-hydrogen) atoms. The summed E-state index contributed by atoms with van der Waals surface area (Å²) in [6.07, 6.45) is 2.66. The fourth-order valence-corrected chi connectivity index (χ4v) is 2.35. The van der Waals surface area contributed by atoms with E-state index in [2.05, 4.69) is 4.74 Å². The van der Waals surface area contributed by atoms with E-state index >= 15 is 0 Å². The molecule has 1 heterocycles. The van der Waals surface area contributed by atoms with Crippen molar-refractivity contribution >= 4 is 11.8 Å². The third-order valence-electron chi connectivity index (χ3n) is 3.50. The van der Waals surface area contributed by atoms with E-state index in [0.717, 1.165) is 0 Å². The summed E-state index contributed by atoms with van der Waals surface area (Å²) in [5, 5.41) is 0. The molecule has 0 aliphatic carbocycles. The lowest BCUT2D eigenvalue weighted by molar-refractivity contribution is -0.194. The summed E-state index contributed by atoms with van der Waals surface area (Å²) in [7, 11) is 2.82. The van der Waals surface area contributed by atoms with Gasteiger partial charge in [0.2, 0.25) is 0 Å². The molecule has 0 spiro atoms. The molecule has 1 aliphatic heterocycles. The predicted octanol–water partition coefficient (Wildman–Crippen LogP) is 1.96. The largest absolute Gasteiger partial charge is 0.469 e. The van der Waals surface area contributed by atoms with Crippen LogP contribution in [0.5, 0.6) is 0 Å². The Labute approximate surface area is 123 Å². The summed E-state index contributed by atoms with van der Waals surface area (Å²) in [5.41, 5.74) is -0.518. The maximum absolute atomic E-state index is 12.5. The van der Waals surface area contributed by atoms with Crippen LogP contribution >= 0.6 is 0 Å². The van der Waals surface area contributed by atoms with E-state index in [-0.39, 0.29) is 24.6 Å². The highest BCUT2D eigenvalue weighted by atomic mass is 16.7. The second kappa shape index (κ2) is 6.65. The van der Waals surface area contributed by atoms with Gasteiger partial charge in [-0.2, -0.15) is 0 Å². The van der Waals surface area contributed by atoms with Crippen molar-refractivity contribution < 1.29 is 23.8 Å². The average molecular weight is 290 g/mol. The van der Waals surface area contributed by atoms with Crippen molar-refractivity contribution in [1.29, 1.82) is 0 Å². The van der Waals surface area contributed by atoms with Gasteiger partial charge in [-0.15, -0.1) is 0 Å². The third-order valence-corrected chi connectivity index (χ3v) is 3.50. The smallest absolute Gasteiger partial charge is 0.305 e. The van der Waals surface area contributed by atoms with Gasteiger partial charge in [0.05, 0.1) is 7.11 Å². The number of ether oxygens (including phenoxy) is 3. The van der Waals surface area contributed by atoms with Gasteiger partial charge >= 0.3 is 5.97 Å².